The molecule has 94 valence electrons. The Hall–Kier alpha value is 0.220. The Morgan fingerprint density at radius 1 is 1.44 bits per heavy atom. The first-order valence-electron chi connectivity index (χ1n) is 4.52. The molecule has 0 aliphatic carbocycles. The molecule has 3 atom stereocenters. The van der Waals surface area contributed by atoms with E-state index < -0.39 is 28.3 Å². The van der Waals surface area contributed by atoms with Crippen LogP contribution in [0.2, 0.25) is 0 Å². The maximum absolute atomic E-state index is 10.7. The van der Waals surface area contributed by atoms with Crippen molar-refractivity contribution in [3.8, 4) is 0 Å². The fourth-order valence-corrected chi connectivity index (χ4v) is 1.50. The van der Waals surface area contributed by atoms with Gasteiger partial charge in [-0.25, -0.2) is 4.79 Å². The quantitative estimate of drug-likeness (QED) is 0.768. The molecule has 1 saturated heterocycles. The largest absolute Gasteiger partial charge is 0.479 e. The second kappa shape index (κ2) is 5.71. The third kappa shape index (κ3) is 5.03. The van der Waals surface area contributed by atoms with Gasteiger partial charge < -0.3 is 19.7 Å². The maximum atomic E-state index is 10.7. The monoisotopic (exact) mass is 292 g/mol. The summed E-state index contributed by atoms with van der Waals surface area (Å²) in [7, 11) is 0. The standard InChI is InChI=1S/C8H11Cl3O5/c9-8(10,11)3-15-6-2-4(12)1-5(16-6)7(13)14/h4-6,12H,1-3H2,(H,13,14)/t4-,5-,6+/m1/s1. The Morgan fingerprint density at radius 3 is 2.56 bits per heavy atom. The van der Waals surface area contributed by atoms with Crippen LogP contribution in [0.4, 0.5) is 0 Å². The fourth-order valence-electron chi connectivity index (χ4n) is 1.31. The van der Waals surface area contributed by atoms with E-state index in [1.165, 1.54) is 0 Å². The van der Waals surface area contributed by atoms with Gasteiger partial charge in [-0.15, -0.1) is 0 Å². The summed E-state index contributed by atoms with van der Waals surface area (Å²) in [4.78, 5) is 10.7. The maximum Gasteiger partial charge on any atom is 0.333 e. The van der Waals surface area contributed by atoms with Crippen LogP contribution in [-0.4, -0.2) is 45.1 Å². The van der Waals surface area contributed by atoms with Crippen molar-refractivity contribution >= 4 is 40.8 Å². The number of rotatable bonds is 3. The molecule has 1 aliphatic rings. The fraction of sp³-hybridized carbons (Fsp3) is 0.875. The van der Waals surface area contributed by atoms with Gasteiger partial charge in [-0.3, -0.25) is 0 Å². The Labute approximate surface area is 107 Å². The molecular weight excluding hydrogens is 282 g/mol. The summed E-state index contributed by atoms with van der Waals surface area (Å²) in [6.07, 6.45) is -2.58. The molecule has 1 aliphatic heterocycles. The Morgan fingerprint density at radius 2 is 2.06 bits per heavy atom. The summed E-state index contributed by atoms with van der Waals surface area (Å²) in [5.41, 5.74) is 0. The number of hydrogen-bond acceptors (Lipinski definition) is 4. The van der Waals surface area contributed by atoms with Gasteiger partial charge in [0.1, 0.15) is 0 Å². The molecule has 0 aromatic heterocycles. The first-order chi connectivity index (χ1) is 7.28. The molecule has 0 radical (unpaired) electrons. The van der Waals surface area contributed by atoms with E-state index in [-0.39, 0.29) is 19.4 Å². The molecule has 1 heterocycles. The predicted octanol–water partition coefficient (Wildman–Crippen LogP) is 1.32. The zero-order valence-electron chi connectivity index (χ0n) is 8.11. The molecule has 0 bridgehead atoms. The van der Waals surface area contributed by atoms with Crippen molar-refractivity contribution in [3.63, 3.8) is 0 Å². The summed E-state index contributed by atoms with van der Waals surface area (Å²) in [6, 6.07) is 0. The Kier molecular flexibility index (Phi) is 5.10. The number of aliphatic carboxylic acids is 1. The molecule has 0 unspecified atom stereocenters. The van der Waals surface area contributed by atoms with Gasteiger partial charge in [0, 0.05) is 12.8 Å². The molecule has 1 rings (SSSR count). The van der Waals surface area contributed by atoms with Gasteiger partial charge in [-0.05, 0) is 0 Å². The molecule has 16 heavy (non-hydrogen) atoms. The van der Waals surface area contributed by atoms with Crippen LogP contribution in [0.3, 0.4) is 0 Å². The lowest BCUT2D eigenvalue weighted by Gasteiger charge is -2.31. The highest BCUT2D eigenvalue weighted by atomic mass is 35.6. The third-order valence-corrected chi connectivity index (χ3v) is 2.30. The van der Waals surface area contributed by atoms with Crippen LogP contribution >= 0.6 is 34.8 Å². The van der Waals surface area contributed by atoms with Crippen LogP contribution in [0, 0.1) is 0 Å². The molecule has 0 aromatic rings. The third-order valence-electron chi connectivity index (χ3n) is 1.98. The number of carboxylic acid groups (broad SMARTS) is 1. The SMILES string of the molecule is O=C(O)[C@H]1C[C@@H](O)C[C@@H](OCC(Cl)(Cl)Cl)O1. The number of carbonyl (C=O) groups is 1. The lowest BCUT2D eigenvalue weighted by molar-refractivity contribution is -0.221. The van der Waals surface area contributed by atoms with E-state index in [0.29, 0.717) is 0 Å². The minimum atomic E-state index is -1.59. The normalized spacial score (nSPS) is 31.4. The number of aliphatic hydroxyl groups is 1. The molecule has 0 aromatic carbocycles. The van der Waals surface area contributed by atoms with Crippen LogP contribution < -0.4 is 0 Å². The van der Waals surface area contributed by atoms with Crippen LogP contribution in [0.1, 0.15) is 12.8 Å². The second-order valence-corrected chi connectivity index (χ2v) is 5.96. The number of aliphatic hydroxyl groups excluding tert-OH is 1. The van der Waals surface area contributed by atoms with E-state index >= 15 is 0 Å². The smallest absolute Gasteiger partial charge is 0.333 e. The van der Waals surface area contributed by atoms with Crippen molar-refractivity contribution in [2.75, 3.05) is 6.61 Å². The van der Waals surface area contributed by atoms with Gasteiger partial charge in [0.2, 0.25) is 3.79 Å². The van der Waals surface area contributed by atoms with E-state index in [2.05, 4.69) is 0 Å². The second-order valence-electron chi connectivity index (χ2n) is 3.44. The van der Waals surface area contributed by atoms with Gasteiger partial charge in [0.15, 0.2) is 12.4 Å². The lowest BCUT2D eigenvalue weighted by atomic mass is 10.1. The number of ether oxygens (including phenoxy) is 2. The number of hydrogen-bond donors (Lipinski definition) is 2. The summed E-state index contributed by atoms with van der Waals surface area (Å²) in [6.45, 7) is -0.235. The van der Waals surface area contributed by atoms with Crippen molar-refractivity contribution < 1.29 is 24.5 Å². The van der Waals surface area contributed by atoms with Gasteiger partial charge in [-0.1, -0.05) is 34.8 Å². The number of alkyl halides is 3. The zero-order chi connectivity index (χ0) is 12.3. The molecular formula is C8H11Cl3O5. The molecule has 1 fully saturated rings. The first kappa shape index (κ1) is 14.3. The minimum absolute atomic E-state index is 0.0307. The van der Waals surface area contributed by atoms with Crippen LogP contribution in [0.25, 0.3) is 0 Å². The van der Waals surface area contributed by atoms with E-state index in [1.54, 1.807) is 0 Å². The van der Waals surface area contributed by atoms with E-state index in [1.807, 2.05) is 0 Å². The molecule has 0 saturated carbocycles. The summed E-state index contributed by atoms with van der Waals surface area (Å²) < 4.78 is 8.52. The predicted molar refractivity (Wildman–Crippen MR) is 57.8 cm³/mol. The number of carboxylic acids is 1. The number of halogens is 3. The van der Waals surface area contributed by atoms with Gasteiger partial charge in [-0.2, -0.15) is 0 Å². The van der Waals surface area contributed by atoms with E-state index in [0.717, 1.165) is 0 Å². The van der Waals surface area contributed by atoms with Crippen molar-refractivity contribution in [1.29, 1.82) is 0 Å². The topological polar surface area (TPSA) is 76.0 Å². The van der Waals surface area contributed by atoms with Gasteiger partial charge in [0.05, 0.1) is 12.7 Å². The average molecular weight is 294 g/mol. The zero-order valence-corrected chi connectivity index (χ0v) is 10.4. The molecule has 0 amide bonds. The van der Waals surface area contributed by atoms with E-state index in [4.69, 9.17) is 49.4 Å². The van der Waals surface area contributed by atoms with E-state index in [9.17, 15) is 9.90 Å². The Bertz CT molecular complexity index is 255. The van der Waals surface area contributed by atoms with Crippen molar-refractivity contribution in [2.24, 2.45) is 0 Å². The molecule has 2 N–H and O–H groups in total. The molecule has 0 spiro atoms. The highest BCUT2D eigenvalue weighted by molar-refractivity contribution is 6.67. The minimum Gasteiger partial charge on any atom is -0.479 e. The van der Waals surface area contributed by atoms with Crippen molar-refractivity contribution in [2.45, 2.75) is 35.1 Å². The average Bonchev–Trinajstić information content (AvgIpc) is 2.13. The summed E-state index contributed by atoms with van der Waals surface area (Å²) >= 11 is 16.4. The van der Waals surface area contributed by atoms with Crippen molar-refractivity contribution in [3.05, 3.63) is 0 Å². The van der Waals surface area contributed by atoms with Gasteiger partial charge in [0.25, 0.3) is 0 Å². The molecule has 8 heteroatoms. The summed E-state index contributed by atoms with van der Waals surface area (Å²) in [5, 5.41) is 18.1. The van der Waals surface area contributed by atoms with Crippen LogP contribution in [0.15, 0.2) is 0 Å². The molecule has 5 nitrogen and oxygen atoms in total. The van der Waals surface area contributed by atoms with Gasteiger partial charge >= 0.3 is 5.97 Å². The van der Waals surface area contributed by atoms with Crippen LogP contribution in [0.5, 0.6) is 0 Å². The van der Waals surface area contributed by atoms with Crippen LogP contribution in [-0.2, 0) is 14.3 Å². The Balaban J connectivity index is 2.45. The lowest BCUT2D eigenvalue weighted by Crippen LogP contribution is -2.42. The summed E-state index contributed by atoms with van der Waals surface area (Å²) in [5.74, 6) is -1.15. The highest BCUT2D eigenvalue weighted by Gasteiger charge is 2.34. The highest BCUT2D eigenvalue weighted by Crippen LogP contribution is 2.28. The van der Waals surface area contributed by atoms with Crippen molar-refractivity contribution in [1.82, 2.24) is 0 Å². The first-order valence-corrected chi connectivity index (χ1v) is 5.66.